The summed E-state index contributed by atoms with van der Waals surface area (Å²) < 4.78 is 0. The van der Waals surface area contributed by atoms with Gasteiger partial charge in [-0.15, -0.1) is 0 Å². The molecule has 0 amide bonds. The first-order valence-corrected chi connectivity index (χ1v) is 8.47. The summed E-state index contributed by atoms with van der Waals surface area (Å²) >= 11 is 0. The fraction of sp³-hybridized carbons (Fsp3) is 0.294. The van der Waals surface area contributed by atoms with Crippen LogP contribution in [-0.2, 0) is 6.42 Å². The van der Waals surface area contributed by atoms with Gasteiger partial charge in [0.2, 0.25) is 0 Å². The summed E-state index contributed by atoms with van der Waals surface area (Å²) in [6, 6.07) is 22.1. The van der Waals surface area contributed by atoms with Gasteiger partial charge in [0.25, 0.3) is 0 Å². The fourth-order valence-electron chi connectivity index (χ4n) is 2.82. The van der Waals surface area contributed by atoms with E-state index in [1.165, 1.54) is 30.7 Å². The molecule has 0 aliphatic carbocycles. The second-order valence-corrected chi connectivity index (χ2v) is 7.53. The van der Waals surface area contributed by atoms with Crippen LogP contribution in [0.15, 0.2) is 60.7 Å². The van der Waals surface area contributed by atoms with E-state index in [0.29, 0.717) is 0 Å². The van der Waals surface area contributed by atoms with E-state index in [1.807, 2.05) is 0 Å². The van der Waals surface area contributed by atoms with Crippen LogP contribution in [0, 0.1) is 5.92 Å². The Labute approximate surface area is 111 Å². The maximum atomic E-state index is 2.32. The van der Waals surface area contributed by atoms with E-state index in [1.54, 1.807) is 5.30 Å². The van der Waals surface area contributed by atoms with Crippen molar-refractivity contribution < 1.29 is 0 Å². The van der Waals surface area contributed by atoms with Gasteiger partial charge in [0.05, 0.1) is 0 Å². The third-order valence-corrected chi connectivity index (χ3v) is 6.56. The van der Waals surface area contributed by atoms with E-state index in [4.69, 9.17) is 0 Å². The van der Waals surface area contributed by atoms with Gasteiger partial charge in [0.15, 0.2) is 0 Å². The van der Waals surface area contributed by atoms with Crippen molar-refractivity contribution >= 4 is 13.2 Å². The summed E-state index contributed by atoms with van der Waals surface area (Å²) in [6.07, 6.45) is 5.53. The topological polar surface area (TPSA) is 0 Å². The van der Waals surface area contributed by atoms with E-state index in [9.17, 15) is 0 Å². The van der Waals surface area contributed by atoms with Crippen molar-refractivity contribution in [3.8, 4) is 0 Å². The van der Waals surface area contributed by atoms with Gasteiger partial charge < -0.3 is 0 Å². The smallest absolute Gasteiger partial charge is 0.0240 e. The largest absolute Gasteiger partial charge is 0.0750 e. The van der Waals surface area contributed by atoms with E-state index < -0.39 is 0 Å². The van der Waals surface area contributed by atoms with Gasteiger partial charge in [-0.25, -0.2) is 0 Å². The molecule has 0 N–H and O–H groups in total. The second kappa shape index (κ2) is 5.67. The Hall–Kier alpha value is -1.13. The van der Waals surface area contributed by atoms with Gasteiger partial charge in [-0.3, -0.25) is 0 Å². The molecule has 2 aromatic carbocycles. The molecule has 0 saturated carbocycles. The van der Waals surface area contributed by atoms with Crippen LogP contribution < -0.4 is 5.30 Å². The molecule has 0 aromatic heterocycles. The summed E-state index contributed by atoms with van der Waals surface area (Å²) in [7, 11) is 0.124. The quantitative estimate of drug-likeness (QED) is 0.725. The molecule has 1 heteroatoms. The van der Waals surface area contributed by atoms with E-state index in [2.05, 4.69) is 60.7 Å². The molecule has 92 valence electrons. The highest BCUT2D eigenvalue weighted by atomic mass is 31.1. The third-order valence-electron chi connectivity index (χ3n) is 3.77. The van der Waals surface area contributed by atoms with Crippen molar-refractivity contribution in [2.75, 3.05) is 12.3 Å². The van der Waals surface area contributed by atoms with Crippen LogP contribution >= 0.6 is 7.92 Å². The lowest BCUT2D eigenvalue weighted by Crippen LogP contribution is -2.05. The first-order chi connectivity index (χ1) is 8.92. The first-order valence-electron chi connectivity index (χ1n) is 6.76. The van der Waals surface area contributed by atoms with E-state index >= 15 is 0 Å². The fourth-order valence-corrected chi connectivity index (χ4v) is 5.68. The molecule has 1 heterocycles. The lowest BCUT2D eigenvalue weighted by Gasteiger charge is -2.12. The van der Waals surface area contributed by atoms with Gasteiger partial charge in [0.1, 0.15) is 0 Å². The van der Waals surface area contributed by atoms with Crippen LogP contribution in [0.5, 0.6) is 0 Å². The molecule has 0 nitrogen and oxygen atoms in total. The Morgan fingerprint density at radius 3 is 2.28 bits per heavy atom. The summed E-state index contributed by atoms with van der Waals surface area (Å²) in [5.41, 5.74) is 1.51. The summed E-state index contributed by atoms with van der Waals surface area (Å²) in [4.78, 5) is 0. The van der Waals surface area contributed by atoms with Crippen molar-refractivity contribution in [3.05, 3.63) is 66.2 Å². The SMILES string of the molecule is c1ccc(CC2CCP(c3ccccc3)C2)cc1. The Morgan fingerprint density at radius 2 is 1.56 bits per heavy atom. The number of benzene rings is 2. The maximum Gasteiger partial charge on any atom is -0.0240 e. The third kappa shape index (κ3) is 2.82. The van der Waals surface area contributed by atoms with Gasteiger partial charge in [-0.1, -0.05) is 68.6 Å². The minimum Gasteiger partial charge on any atom is -0.0750 e. The summed E-state index contributed by atoms with van der Waals surface area (Å²) in [5, 5.41) is 1.60. The van der Waals surface area contributed by atoms with Gasteiger partial charge in [-0.05, 0) is 42.0 Å². The second-order valence-electron chi connectivity index (χ2n) is 5.13. The van der Waals surface area contributed by atoms with Crippen molar-refractivity contribution in [1.29, 1.82) is 0 Å². The molecule has 0 spiro atoms. The lowest BCUT2D eigenvalue weighted by molar-refractivity contribution is 0.595. The molecule has 3 rings (SSSR count). The molecular formula is C17H19P. The summed E-state index contributed by atoms with van der Waals surface area (Å²) in [5.74, 6) is 0.902. The Bertz CT molecular complexity index is 477. The molecule has 1 aliphatic rings. The molecular weight excluding hydrogens is 235 g/mol. The van der Waals surface area contributed by atoms with Gasteiger partial charge in [-0.2, -0.15) is 0 Å². The number of hydrogen-bond acceptors (Lipinski definition) is 0. The normalized spacial score (nSPS) is 23.1. The molecule has 2 atom stereocenters. The molecule has 0 radical (unpaired) electrons. The average molecular weight is 254 g/mol. The van der Waals surface area contributed by atoms with Crippen LogP contribution in [0.4, 0.5) is 0 Å². The Morgan fingerprint density at radius 1 is 0.889 bits per heavy atom. The minimum atomic E-state index is 0.124. The molecule has 0 bridgehead atoms. The van der Waals surface area contributed by atoms with Crippen molar-refractivity contribution in [2.45, 2.75) is 12.8 Å². The summed E-state index contributed by atoms with van der Waals surface area (Å²) in [6.45, 7) is 0. The molecule has 18 heavy (non-hydrogen) atoms. The zero-order valence-electron chi connectivity index (χ0n) is 10.6. The zero-order valence-corrected chi connectivity index (χ0v) is 11.5. The van der Waals surface area contributed by atoms with Crippen LogP contribution in [-0.4, -0.2) is 12.3 Å². The van der Waals surface area contributed by atoms with Crippen LogP contribution in [0.2, 0.25) is 0 Å². The maximum absolute atomic E-state index is 2.32. The molecule has 1 saturated heterocycles. The van der Waals surface area contributed by atoms with E-state index in [-0.39, 0.29) is 7.92 Å². The predicted octanol–water partition coefficient (Wildman–Crippen LogP) is 4.06. The minimum absolute atomic E-state index is 0.124. The highest BCUT2D eigenvalue weighted by Gasteiger charge is 2.25. The predicted molar refractivity (Wildman–Crippen MR) is 81.0 cm³/mol. The molecule has 1 aliphatic heterocycles. The lowest BCUT2D eigenvalue weighted by atomic mass is 9.99. The van der Waals surface area contributed by atoms with Crippen molar-refractivity contribution in [2.24, 2.45) is 5.92 Å². The van der Waals surface area contributed by atoms with Gasteiger partial charge >= 0.3 is 0 Å². The van der Waals surface area contributed by atoms with E-state index in [0.717, 1.165) is 5.92 Å². The standard InChI is InChI=1S/C17H19P/c1-3-7-15(8-4-1)13-16-11-12-18(14-16)17-9-5-2-6-10-17/h1-10,16H,11-14H2. The van der Waals surface area contributed by atoms with Crippen molar-refractivity contribution in [1.82, 2.24) is 0 Å². The number of rotatable bonds is 3. The highest BCUT2D eigenvalue weighted by Crippen LogP contribution is 2.45. The van der Waals surface area contributed by atoms with Crippen LogP contribution in [0.25, 0.3) is 0 Å². The van der Waals surface area contributed by atoms with Crippen LogP contribution in [0.1, 0.15) is 12.0 Å². The monoisotopic (exact) mass is 254 g/mol. The highest BCUT2D eigenvalue weighted by molar-refractivity contribution is 7.65. The molecule has 2 unspecified atom stereocenters. The van der Waals surface area contributed by atoms with Crippen LogP contribution in [0.3, 0.4) is 0 Å². The van der Waals surface area contributed by atoms with Crippen molar-refractivity contribution in [3.63, 3.8) is 0 Å². The number of hydrogen-bond donors (Lipinski definition) is 0. The van der Waals surface area contributed by atoms with Gasteiger partial charge in [0, 0.05) is 0 Å². The Balaban J connectivity index is 1.62. The first kappa shape index (κ1) is 11.9. The Kier molecular flexibility index (Phi) is 3.76. The zero-order chi connectivity index (χ0) is 12.2. The molecule has 2 aromatic rings. The molecule has 1 fully saturated rings. The average Bonchev–Trinajstić information content (AvgIpc) is 2.89.